The van der Waals surface area contributed by atoms with E-state index in [0.29, 0.717) is 44.9 Å². The van der Waals surface area contributed by atoms with Crippen molar-refractivity contribution in [1.29, 1.82) is 0 Å². The van der Waals surface area contributed by atoms with Crippen LogP contribution < -0.4 is 90.2 Å². The molecule has 7 atom stereocenters. The minimum Gasteiger partial charge on any atom is -0.756 e. The number of esters is 1. The molecule has 0 radical (unpaired) electrons. The fourth-order valence-corrected chi connectivity index (χ4v) is 14.0. The molecule has 4 amide bonds. The Bertz CT molecular complexity index is 2070. The van der Waals surface area contributed by atoms with E-state index >= 15 is 0 Å². The van der Waals surface area contributed by atoms with Crippen LogP contribution in [0, 0.1) is 0 Å². The first-order chi connectivity index (χ1) is 51.5. The van der Waals surface area contributed by atoms with Crippen molar-refractivity contribution in [2.24, 2.45) is 0 Å². The summed E-state index contributed by atoms with van der Waals surface area (Å²) in [6, 6.07) is -2.71. The third-order valence-electron chi connectivity index (χ3n) is 19.0. The number of rotatable bonds is 83. The van der Waals surface area contributed by atoms with Gasteiger partial charge in [0.05, 0.1) is 77.6 Å². The van der Waals surface area contributed by atoms with Gasteiger partial charge in [0.2, 0.25) is 0 Å². The summed E-state index contributed by atoms with van der Waals surface area (Å²) in [5.74, 6) is -0.220. The van der Waals surface area contributed by atoms with Crippen molar-refractivity contribution in [1.82, 2.24) is 21.3 Å². The number of carbonyl (C=O) groups is 4. The molecule has 0 aliphatic rings. The smallest absolute Gasteiger partial charge is 0.756 e. The number of alkyl carbamates (subject to hydrolysis) is 2. The van der Waals surface area contributed by atoms with E-state index < -0.39 is 78.7 Å². The molecule has 27 heteroatoms. The minimum atomic E-state index is -5.00. The van der Waals surface area contributed by atoms with E-state index in [-0.39, 0.29) is 130 Å². The van der Waals surface area contributed by atoms with Gasteiger partial charge in [-0.2, -0.15) is 0 Å². The third kappa shape index (κ3) is 80.5. The van der Waals surface area contributed by atoms with Gasteiger partial charge in [-0.15, -0.1) is 0 Å². The van der Waals surface area contributed by atoms with Crippen molar-refractivity contribution in [2.75, 3.05) is 79.2 Å². The van der Waals surface area contributed by atoms with Crippen LogP contribution in [0.3, 0.4) is 0 Å². The number of phosphoric ester groups is 2. The Morgan fingerprint density at radius 2 is 0.639 bits per heavy atom. The molecule has 0 aromatic heterocycles. The summed E-state index contributed by atoms with van der Waals surface area (Å²) in [5, 5.41) is 21.1. The van der Waals surface area contributed by atoms with Gasteiger partial charge in [-0.05, 0) is 57.8 Å². The van der Waals surface area contributed by atoms with Gasteiger partial charge in [0.1, 0.15) is 6.10 Å². The van der Waals surface area contributed by atoms with Crippen molar-refractivity contribution >= 4 is 39.8 Å². The van der Waals surface area contributed by atoms with Gasteiger partial charge in [-0.25, -0.2) is 14.4 Å². The summed E-state index contributed by atoms with van der Waals surface area (Å²) in [5.41, 5.74) is 0. The zero-order chi connectivity index (χ0) is 77.8. The van der Waals surface area contributed by atoms with Crippen molar-refractivity contribution < 1.29 is 149 Å². The Balaban J connectivity index is -0.0000551. The van der Waals surface area contributed by atoms with Gasteiger partial charge in [0.15, 0.2) is 6.29 Å². The maximum Gasteiger partial charge on any atom is 1.00 e. The number of aliphatic hydroxyl groups excluding tert-OH is 1. The predicted octanol–water partition coefficient (Wildman–Crippen LogP) is 14.3. The zero-order valence-electron chi connectivity index (χ0n) is 70.2. The number of urea groups is 1. The first kappa shape index (κ1) is 111. The Labute approximate surface area is 702 Å². The van der Waals surface area contributed by atoms with E-state index in [1.807, 2.05) is 0 Å². The molecule has 0 aromatic carbocycles. The van der Waals surface area contributed by atoms with Gasteiger partial charge < -0.3 is 82.7 Å². The predicted molar refractivity (Wildman–Crippen MR) is 423 cm³/mol. The molecule has 0 spiro atoms. The molecule has 0 fully saturated rings. The SMILES string of the molecule is CCCCCCCCCCCCOC(=O)NC(COCCC(CCCCCCC)OC(=O)CCCCCCCCCCC)COP(=O)([O-])OCCNC(=O)NCCOP(=O)([O-])OCC(COCCC(CCCCCCC)OC(O)CCCCCCCCCCC)NC(=O)OCCCCCCCCCCCC.[Na+].[Na+]. The van der Waals surface area contributed by atoms with Crippen LogP contribution in [0.15, 0.2) is 0 Å². The molecule has 630 valence electrons. The van der Waals surface area contributed by atoms with Crippen molar-refractivity contribution in [2.45, 2.75) is 419 Å². The molecule has 0 heterocycles. The number of amides is 4. The molecule has 0 aliphatic heterocycles. The minimum absolute atomic E-state index is 0. The Morgan fingerprint density at radius 1 is 0.343 bits per heavy atom. The average molecular weight is 1600 g/mol. The largest absolute Gasteiger partial charge is 1.00 e. The summed E-state index contributed by atoms with van der Waals surface area (Å²) in [7, 11) is -10.0. The molecule has 23 nitrogen and oxygen atoms in total. The number of unbranched alkanes of at least 4 members (excludes halogenated alkanes) is 42. The Morgan fingerprint density at radius 3 is 0.991 bits per heavy atom. The van der Waals surface area contributed by atoms with Gasteiger partial charge in [-0.1, -0.05) is 318 Å². The first-order valence-electron chi connectivity index (χ1n) is 43.3. The molecular weight excluding hydrogens is 1440 g/mol. The van der Waals surface area contributed by atoms with Gasteiger partial charge in [0.25, 0.3) is 15.6 Å². The standard InChI is InChI=1S/C81H162N4O19P2.2Na/c1-7-13-19-25-29-33-37-41-47-53-63-97-80(89)84-73(69-95-65-59-75(55-49-43-23-17-11-5)103-77(86)57-51-45-39-35-31-27-21-15-9-3)71-101-105(91,92)99-67-61-82-79(88)83-62-68-100-106(93,94)102-72-74(85-81(90)98-64-54-48-42-38-34-30-26-20-14-8-2)70-96-66-60-76(56-50-44-24-18-12-6)104-78(87)58-52-46-40-36-32-28-22-16-10-4;;/h73-77,86H,7-72H2,1-6H3,(H,84,89)(H,85,90)(H,91,92)(H,93,94)(H2,82,83,88);;/q;2*+1/p-2. The molecule has 108 heavy (non-hydrogen) atoms. The summed E-state index contributed by atoms with van der Waals surface area (Å²) < 4.78 is 81.7. The Kier molecular flexibility index (Phi) is 87.0. The van der Waals surface area contributed by atoms with Crippen molar-refractivity contribution in [3.63, 3.8) is 0 Å². The number of hydrogen-bond donors (Lipinski definition) is 5. The summed E-state index contributed by atoms with van der Waals surface area (Å²) in [6.07, 6.45) is 54.3. The molecule has 5 N–H and O–H groups in total. The number of carbonyl (C=O) groups excluding carboxylic acids is 4. The third-order valence-corrected chi connectivity index (χ3v) is 20.9. The molecule has 0 bridgehead atoms. The van der Waals surface area contributed by atoms with Crippen LogP contribution in [0.4, 0.5) is 14.4 Å². The zero-order valence-corrected chi connectivity index (χ0v) is 76.0. The van der Waals surface area contributed by atoms with Crippen LogP contribution in [0.5, 0.6) is 0 Å². The molecule has 0 saturated heterocycles. The first-order valence-corrected chi connectivity index (χ1v) is 46.2. The number of hydrogen-bond acceptors (Lipinski definition) is 19. The van der Waals surface area contributed by atoms with E-state index in [1.54, 1.807) is 0 Å². The van der Waals surface area contributed by atoms with Gasteiger partial charge in [0, 0.05) is 32.5 Å². The monoisotopic (exact) mass is 1600 g/mol. The van der Waals surface area contributed by atoms with Crippen LogP contribution in [0.2, 0.25) is 0 Å². The van der Waals surface area contributed by atoms with Crippen LogP contribution in [-0.2, 0) is 60.4 Å². The Hall–Kier alpha value is -0.660. The van der Waals surface area contributed by atoms with Crippen LogP contribution in [0.25, 0.3) is 0 Å². The van der Waals surface area contributed by atoms with Crippen molar-refractivity contribution in [3.05, 3.63) is 0 Å². The van der Waals surface area contributed by atoms with Crippen LogP contribution >= 0.6 is 15.6 Å². The fourth-order valence-electron chi connectivity index (χ4n) is 12.5. The number of ether oxygens (including phenoxy) is 6. The second kappa shape index (κ2) is 84.3. The second-order valence-corrected chi connectivity index (χ2v) is 32.1. The molecular formula is C81H160N4Na2O19P2. The second-order valence-electron chi connectivity index (χ2n) is 29.3. The van der Waals surface area contributed by atoms with E-state index in [9.17, 15) is 43.2 Å². The van der Waals surface area contributed by atoms with Crippen molar-refractivity contribution in [3.8, 4) is 0 Å². The normalized spacial score (nSPS) is 13.9. The summed E-state index contributed by atoms with van der Waals surface area (Å²) >= 11 is 0. The number of nitrogens with one attached hydrogen (secondary N) is 4. The van der Waals surface area contributed by atoms with Gasteiger partial charge >= 0.3 is 83.3 Å². The average Bonchev–Trinajstić information content (AvgIpc) is 0.915. The molecule has 0 saturated carbocycles. The summed E-state index contributed by atoms with van der Waals surface area (Å²) in [6.45, 7) is 11.0. The topological polar surface area (TPSA) is 309 Å². The maximum absolute atomic E-state index is 13.1. The number of phosphoric acid groups is 2. The molecule has 0 rings (SSSR count). The van der Waals surface area contributed by atoms with E-state index in [4.69, 9.17) is 46.5 Å². The molecule has 0 aliphatic carbocycles. The maximum atomic E-state index is 13.1. The fraction of sp³-hybridized carbons (Fsp3) is 0.951. The number of aliphatic hydroxyl groups is 1. The quantitative estimate of drug-likeness (QED) is 0.00943. The molecule has 7 unspecified atom stereocenters. The van der Waals surface area contributed by atoms with E-state index in [0.717, 1.165) is 148 Å². The van der Waals surface area contributed by atoms with Gasteiger partial charge in [-0.3, -0.25) is 13.9 Å². The van der Waals surface area contributed by atoms with Crippen LogP contribution in [-0.4, -0.2) is 139 Å². The molecule has 0 aromatic rings. The van der Waals surface area contributed by atoms with E-state index in [1.165, 1.54) is 154 Å². The van der Waals surface area contributed by atoms with Crippen LogP contribution in [0.1, 0.15) is 388 Å². The van der Waals surface area contributed by atoms with E-state index in [2.05, 4.69) is 62.8 Å². The summed E-state index contributed by atoms with van der Waals surface area (Å²) in [4.78, 5) is 77.8.